The predicted molar refractivity (Wildman–Crippen MR) is 93.1 cm³/mol. The van der Waals surface area contributed by atoms with Gasteiger partial charge in [-0.15, -0.1) is 0 Å². The largest absolute Gasteiger partial charge is 0.496 e. The molecule has 0 atom stereocenters. The van der Waals surface area contributed by atoms with E-state index in [1.54, 1.807) is 0 Å². The Kier molecular flexibility index (Phi) is 4.66. The van der Waals surface area contributed by atoms with E-state index in [9.17, 15) is 19.7 Å². The summed E-state index contributed by atoms with van der Waals surface area (Å²) in [5, 5.41) is 13.5. The maximum Gasteiger partial charge on any atom is 0.329 e. The number of non-ortho nitro benzene ring substituents is 1. The predicted octanol–water partition coefficient (Wildman–Crippen LogP) is 2.70. The van der Waals surface area contributed by atoms with Gasteiger partial charge in [0.2, 0.25) is 0 Å². The number of rotatable bonds is 5. The van der Waals surface area contributed by atoms with Gasteiger partial charge in [-0.3, -0.25) is 19.8 Å². The van der Waals surface area contributed by atoms with Crippen LogP contribution < -0.4 is 10.1 Å². The standard InChI is InChI=1S/C18H15N3O5/c1-26-16-8-7-14(21(24)25)9-13(16)10-15-17(22)20(18(23)19-15)11-12-5-3-2-4-6-12/h2-10H,11H2,1H3,(H,19,23)/b15-10+. The quantitative estimate of drug-likeness (QED) is 0.385. The van der Waals surface area contributed by atoms with Crippen molar-refractivity contribution >= 4 is 23.7 Å². The lowest BCUT2D eigenvalue weighted by Crippen LogP contribution is -2.30. The fourth-order valence-corrected chi connectivity index (χ4v) is 2.58. The Morgan fingerprint density at radius 2 is 1.92 bits per heavy atom. The minimum absolute atomic E-state index is 0.0322. The fourth-order valence-electron chi connectivity index (χ4n) is 2.58. The number of imide groups is 1. The summed E-state index contributed by atoms with van der Waals surface area (Å²) in [5.74, 6) is -0.154. The average Bonchev–Trinajstić information content (AvgIpc) is 2.90. The summed E-state index contributed by atoms with van der Waals surface area (Å²) in [4.78, 5) is 36.2. The molecule has 1 N–H and O–H groups in total. The minimum Gasteiger partial charge on any atom is -0.496 e. The molecule has 26 heavy (non-hydrogen) atoms. The third-order valence-electron chi connectivity index (χ3n) is 3.87. The van der Waals surface area contributed by atoms with E-state index in [1.807, 2.05) is 30.3 Å². The molecule has 0 unspecified atom stereocenters. The van der Waals surface area contributed by atoms with Crippen LogP contribution in [-0.2, 0) is 11.3 Å². The number of nitro groups is 1. The fraction of sp³-hybridized carbons (Fsp3) is 0.111. The van der Waals surface area contributed by atoms with Gasteiger partial charge in [0.25, 0.3) is 11.6 Å². The molecular formula is C18H15N3O5. The van der Waals surface area contributed by atoms with Crippen LogP contribution in [-0.4, -0.2) is 28.9 Å². The Balaban J connectivity index is 1.90. The van der Waals surface area contributed by atoms with E-state index in [0.717, 1.165) is 10.5 Å². The number of nitrogens with zero attached hydrogens (tertiary/aromatic N) is 2. The minimum atomic E-state index is -0.547. The van der Waals surface area contributed by atoms with E-state index in [1.165, 1.54) is 31.4 Å². The molecule has 1 fully saturated rings. The van der Waals surface area contributed by atoms with Gasteiger partial charge >= 0.3 is 6.03 Å². The third kappa shape index (κ3) is 3.39. The van der Waals surface area contributed by atoms with Crippen LogP contribution in [0, 0.1) is 10.1 Å². The molecule has 0 aliphatic carbocycles. The zero-order chi connectivity index (χ0) is 18.7. The van der Waals surface area contributed by atoms with E-state index < -0.39 is 16.9 Å². The number of ether oxygens (including phenoxy) is 1. The zero-order valence-corrected chi connectivity index (χ0v) is 13.8. The van der Waals surface area contributed by atoms with Crippen molar-refractivity contribution in [2.45, 2.75) is 6.54 Å². The van der Waals surface area contributed by atoms with Gasteiger partial charge in [-0.05, 0) is 17.7 Å². The Bertz CT molecular complexity index is 908. The number of amides is 3. The molecule has 0 radical (unpaired) electrons. The van der Waals surface area contributed by atoms with Crippen molar-refractivity contribution in [2.24, 2.45) is 0 Å². The number of benzene rings is 2. The number of hydrogen-bond acceptors (Lipinski definition) is 5. The van der Waals surface area contributed by atoms with E-state index >= 15 is 0 Å². The summed E-state index contributed by atoms with van der Waals surface area (Å²) in [5.41, 5.74) is 1.03. The molecule has 2 aromatic carbocycles. The van der Waals surface area contributed by atoms with Crippen LogP contribution in [0.4, 0.5) is 10.5 Å². The molecule has 2 aromatic rings. The van der Waals surface area contributed by atoms with Gasteiger partial charge in [0.1, 0.15) is 11.4 Å². The third-order valence-corrected chi connectivity index (χ3v) is 3.87. The van der Waals surface area contributed by atoms with Gasteiger partial charge in [-0.25, -0.2) is 4.79 Å². The molecule has 132 valence electrons. The molecule has 8 nitrogen and oxygen atoms in total. The summed E-state index contributed by atoms with van der Waals surface area (Å²) < 4.78 is 5.17. The van der Waals surface area contributed by atoms with Crippen molar-refractivity contribution in [2.75, 3.05) is 7.11 Å². The van der Waals surface area contributed by atoms with Gasteiger partial charge in [0, 0.05) is 17.7 Å². The molecule has 1 aliphatic heterocycles. The van der Waals surface area contributed by atoms with Gasteiger partial charge in [-0.2, -0.15) is 0 Å². The molecule has 0 aromatic heterocycles. The van der Waals surface area contributed by atoms with Crippen LogP contribution in [0.2, 0.25) is 0 Å². The molecule has 0 spiro atoms. The van der Waals surface area contributed by atoms with Gasteiger partial charge in [0.15, 0.2) is 0 Å². The van der Waals surface area contributed by atoms with Crippen LogP contribution in [0.25, 0.3) is 6.08 Å². The van der Waals surface area contributed by atoms with E-state index in [-0.39, 0.29) is 17.9 Å². The highest BCUT2D eigenvalue weighted by Gasteiger charge is 2.33. The van der Waals surface area contributed by atoms with Crippen molar-refractivity contribution in [3.63, 3.8) is 0 Å². The lowest BCUT2D eigenvalue weighted by molar-refractivity contribution is -0.384. The highest BCUT2D eigenvalue weighted by Crippen LogP contribution is 2.27. The normalized spacial score (nSPS) is 15.3. The monoisotopic (exact) mass is 353 g/mol. The number of hydrogen-bond donors (Lipinski definition) is 1. The van der Waals surface area contributed by atoms with Gasteiger partial charge in [0.05, 0.1) is 18.6 Å². The zero-order valence-electron chi connectivity index (χ0n) is 13.8. The van der Waals surface area contributed by atoms with Crippen LogP contribution in [0.1, 0.15) is 11.1 Å². The van der Waals surface area contributed by atoms with Crippen molar-refractivity contribution in [1.29, 1.82) is 0 Å². The van der Waals surface area contributed by atoms with Crippen LogP contribution in [0.3, 0.4) is 0 Å². The average molecular weight is 353 g/mol. The SMILES string of the molecule is COc1ccc([N+](=O)[O-])cc1/C=C1/NC(=O)N(Cc2ccccc2)C1=O. The molecule has 3 amide bonds. The molecule has 1 saturated heterocycles. The molecule has 1 aliphatic rings. The number of nitrogens with one attached hydrogen (secondary N) is 1. The van der Waals surface area contributed by atoms with Crippen molar-refractivity contribution in [1.82, 2.24) is 10.2 Å². The van der Waals surface area contributed by atoms with Crippen LogP contribution in [0.5, 0.6) is 5.75 Å². The summed E-state index contributed by atoms with van der Waals surface area (Å²) in [7, 11) is 1.42. The number of nitro benzene ring substituents is 1. The molecule has 0 bridgehead atoms. The molecular weight excluding hydrogens is 338 g/mol. The molecule has 3 rings (SSSR count). The summed E-state index contributed by atoms with van der Waals surface area (Å²) in [6, 6.07) is 12.6. The smallest absolute Gasteiger partial charge is 0.329 e. The first-order valence-corrected chi connectivity index (χ1v) is 7.70. The van der Waals surface area contributed by atoms with Crippen molar-refractivity contribution < 1.29 is 19.2 Å². The first kappa shape index (κ1) is 17.2. The molecule has 0 saturated carbocycles. The number of urea groups is 1. The Hall–Kier alpha value is -3.68. The summed E-state index contributed by atoms with van der Waals surface area (Å²) in [6.07, 6.45) is 1.37. The second-order valence-electron chi connectivity index (χ2n) is 5.55. The first-order valence-electron chi connectivity index (χ1n) is 7.70. The molecule has 1 heterocycles. The highest BCUT2D eigenvalue weighted by molar-refractivity contribution is 6.14. The number of carbonyl (C=O) groups excluding carboxylic acids is 2. The Morgan fingerprint density at radius 3 is 2.58 bits per heavy atom. The highest BCUT2D eigenvalue weighted by atomic mass is 16.6. The van der Waals surface area contributed by atoms with E-state index in [0.29, 0.717) is 11.3 Å². The summed E-state index contributed by atoms with van der Waals surface area (Å²) in [6.45, 7) is 0.134. The topological polar surface area (TPSA) is 102 Å². The maximum absolute atomic E-state index is 12.5. The molecule has 8 heteroatoms. The van der Waals surface area contributed by atoms with Gasteiger partial charge in [-0.1, -0.05) is 30.3 Å². The van der Waals surface area contributed by atoms with E-state index in [4.69, 9.17) is 4.74 Å². The second kappa shape index (κ2) is 7.06. The number of methoxy groups -OCH3 is 1. The van der Waals surface area contributed by atoms with Gasteiger partial charge < -0.3 is 10.1 Å². The van der Waals surface area contributed by atoms with Crippen LogP contribution >= 0.6 is 0 Å². The van der Waals surface area contributed by atoms with Crippen molar-refractivity contribution in [3.8, 4) is 5.75 Å². The van der Waals surface area contributed by atoms with E-state index in [2.05, 4.69) is 5.32 Å². The van der Waals surface area contributed by atoms with Crippen molar-refractivity contribution in [3.05, 3.63) is 75.5 Å². The maximum atomic E-state index is 12.5. The lowest BCUT2D eigenvalue weighted by atomic mass is 10.1. The second-order valence-corrected chi connectivity index (χ2v) is 5.55. The first-order chi connectivity index (χ1) is 12.5. The Labute approximate surface area is 148 Å². The summed E-state index contributed by atoms with van der Waals surface area (Å²) >= 11 is 0. The van der Waals surface area contributed by atoms with Crippen LogP contribution in [0.15, 0.2) is 54.2 Å². The Morgan fingerprint density at radius 1 is 1.19 bits per heavy atom. The lowest BCUT2D eigenvalue weighted by Gasteiger charge is -2.11. The number of carbonyl (C=O) groups is 2.